The number of pyridine rings is 1. The van der Waals surface area contributed by atoms with E-state index in [0.29, 0.717) is 0 Å². The molecule has 0 saturated carbocycles. The number of aromatic carboxylic acids is 1. The molecule has 15 heavy (non-hydrogen) atoms. The minimum Gasteiger partial charge on any atom is -0.478 e. The van der Waals surface area contributed by atoms with Crippen molar-refractivity contribution in [2.75, 3.05) is 0 Å². The van der Waals surface area contributed by atoms with Crippen LogP contribution in [0.25, 0.3) is 0 Å². The molecular weight excluding hydrogens is 321 g/mol. The lowest BCUT2D eigenvalue weighted by atomic mass is 10.1. The molecule has 0 aliphatic heterocycles. The van der Waals surface area contributed by atoms with Crippen LogP contribution in [-0.4, -0.2) is 16.1 Å². The van der Waals surface area contributed by atoms with Gasteiger partial charge in [-0.2, -0.15) is 5.26 Å². The van der Waals surface area contributed by atoms with Crippen molar-refractivity contribution in [3.63, 3.8) is 0 Å². The van der Waals surface area contributed by atoms with Crippen molar-refractivity contribution in [2.24, 2.45) is 0 Å². The third kappa shape index (κ3) is 2.20. The summed E-state index contributed by atoms with van der Waals surface area (Å²) in [6.45, 7) is 0. The molecular formula is C8H3F2IN2O2. The number of carbonyl (C=O) groups is 1. The molecule has 0 fully saturated rings. The molecule has 0 unspecified atom stereocenters. The molecule has 1 N–H and O–H groups in total. The Labute approximate surface area is 96.7 Å². The van der Waals surface area contributed by atoms with Gasteiger partial charge in [-0.1, -0.05) is 0 Å². The molecule has 1 heterocycles. The molecule has 0 aliphatic rings. The van der Waals surface area contributed by atoms with Crippen LogP contribution in [0.5, 0.6) is 0 Å². The van der Waals surface area contributed by atoms with Gasteiger partial charge in [0.15, 0.2) is 5.69 Å². The number of carboxylic acid groups (broad SMARTS) is 1. The third-order valence-corrected chi connectivity index (χ3v) is 2.47. The average molecular weight is 324 g/mol. The summed E-state index contributed by atoms with van der Waals surface area (Å²) in [5, 5.41) is 17.3. The second-order valence-corrected chi connectivity index (χ2v) is 3.62. The summed E-state index contributed by atoms with van der Waals surface area (Å²) in [5.41, 5.74) is -1.88. The average Bonchev–Trinajstić information content (AvgIpc) is 2.16. The first kappa shape index (κ1) is 11.8. The summed E-state index contributed by atoms with van der Waals surface area (Å²) in [7, 11) is 0. The molecule has 4 nitrogen and oxygen atoms in total. The van der Waals surface area contributed by atoms with Crippen molar-refractivity contribution in [3.8, 4) is 6.07 Å². The van der Waals surface area contributed by atoms with Crippen molar-refractivity contribution in [3.05, 3.63) is 26.6 Å². The van der Waals surface area contributed by atoms with E-state index < -0.39 is 29.2 Å². The summed E-state index contributed by atoms with van der Waals surface area (Å²) in [4.78, 5) is 14.2. The molecule has 0 aliphatic carbocycles. The smallest absolute Gasteiger partial charge is 0.339 e. The van der Waals surface area contributed by atoms with E-state index in [0.717, 1.165) is 6.20 Å². The highest BCUT2D eigenvalue weighted by molar-refractivity contribution is 14.1. The van der Waals surface area contributed by atoms with Gasteiger partial charge in [-0.05, 0) is 22.6 Å². The first-order valence-corrected chi connectivity index (χ1v) is 4.66. The Balaban J connectivity index is 3.60. The number of hydrogen-bond acceptors (Lipinski definition) is 3. The molecule has 0 amide bonds. The minimum atomic E-state index is -2.95. The van der Waals surface area contributed by atoms with E-state index in [1.807, 2.05) is 0 Å². The molecule has 1 aromatic rings. The van der Waals surface area contributed by atoms with Crippen molar-refractivity contribution < 1.29 is 18.7 Å². The Bertz CT molecular complexity index is 457. The number of halogens is 3. The fraction of sp³-hybridized carbons (Fsp3) is 0.125. The molecule has 0 atom stereocenters. The zero-order valence-electron chi connectivity index (χ0n) is 7.04. The molecule has 78 valence electrons. The fourth-order valence-electron chi connectivity index (χ4n) is 1.02. The zero-order chi connectivity index (χ0) is 11.6. The molecule has 0 radical (unpaired) electrons. The Morgan fingerprint density at radius 3 is 2.67 bits per heavy atom. The Hall–Kier alpha value is -1.30. The van der Waals surface area contributed by atoms with Crippen LogP contribution in [0.15, 0.2) is 6.20 Å². The Morgan fingerprint density at radius 1 is 1.67 bits per heavy atom. The van der Waals surface area contributed by atoms with Crippen LogP contribution < -0.4 is 0 Å². The number of alkyl halides is 2. The van der Waals surface area contributed by atoms with E-state index in [2.05, 4.69) is 4.98 Å². The Kier molecular flexibility index (Phi) is 3.52. The summed E-state index contributed by atoms with van der Waals surface area (Å²) in [6, 6.07) is 1.47. The largest absolute Gasteiger partial charge is 0.478 e. The van der Waals surface area contributed by atoms with E-state index in [1.54, 1.807) is 22.6 Å². The topological polar surface area (TPSA) is 74.0 Å². The van der Waals surface area contributed by atoms with Gasteiger partial charge in [0.25, 0.3) is 6.43 Å². The van der Waals surface area contributed by atoms with Gasteiger partial charge in [-0.3, -0.25) is 0 Å². The number of nitrogens with zero attached hydrogens (tertiary/aromatic N) is 2. The lowest BCUT2D eigenvalue weighted by molar-refractivity contribution is 0.0683. The van der Waals surface area contributed by atoms with Crippen LogP contribution >= 0.6 is 22.6 Å². The van der Waals surface area contributed by atoms with Gasteiger partial charge in [-0.25, -0.2) is 18.6 Å². The van der Waals surface area contributed by atoms with E-state index >= 15 is 0 Å². The van der Waals surface area contributed by atoms with Gasteiger partial charge in [0.1, 0.15) is 11.6 Å². The summed E-state index contributed by atoms with van der Waals surface area (Å²) < 4.78 is 25.1. The number of hydrogen-bond donors (Lipinski definition) is 1. The third-order valence-electron chi connectivity index (χ3n) is 1.61. The molecule has 0 spiro atoms. The quantitative estimate of drug-likeness (QED) is 0.847. The van der Waals surface area contributed by atoms with Crippen LogP contribution in [0.4, 0.5) is 8.78 Å². The lowest BCUT2D eigenvalue weighted by Gasteiger charge is -2.07. The van der Waals surface area contributed by atoms with Gasteiger partial charge in [0.05, 0.1) is 5.56 Å². The highest BCUT2D eigenvalue weighted by atomic mass is 127. The standard InChI is InChI=1S/C8H3F2IN2O2/c9-7(10)5-3(11)2-13-4(1-12)6(5)8(14)15/h2,7H,(H,14,15). The molecule has 0 aromatic carbocycles. The Morgan fingerprint density at radius 2 is 2.27 bits per heavy atom. The first-order chi connectivity index (χ1) is 6.99. The zero-order valence-corrected chi connectivity index (χ0v) is 9.20. The summed E-state index contributed by atoms with van der Waals surface area (Å²) in [5.74, 6) is -1.58. The summed E-state index contributed by atoms with van der Waals surface area (Å²) in [6.07, 6.45) is -1.90. The molecule has 7 heteroatoms. The maximum atomic E-state index is 12.6. The van der Waals surface area contributed by atoms with Crippen LogP contribution in [-0.2, 0) is 0 Å². The van der Waals surface area contributed by atoms with Gasteiger partial charge in [0, 0.05) is 9.77 Å². The number of aromatic nitrogens is 1. The predicted molar refractivity (Wildman–Crippen MR) is 53.6 cm³/mol. The van der Waals surface area contributed by atoms with Gasteiger partial charge in [-0.15, -0.1) is 0 Å². The van der Waals surface area contributed by atoms with E-state index in [9.17, 15) is 13.6 Å². The van der Waals surface area contributed by atoms with Crippen molar-refractivity contribution >= 4 is 28.6 Å². The van der Waals surface area contributed by atoms with Crippen molar-refractivity contribution in [1.29, 1.82) is 5.26 Å². The fourth-order valence-corrected chi connectivity index (χ4v) is 1.66. The minimum absolute atomic E-state index is 0.0269. The molecule has 1 rings (SSSR count). The van der Waals surface area contributed by atoms with Gasteiger partial charge >= 0.3 is 5.97 Å². The first-order valence-electron chi connectivity index (χ1n) is 3.59. The van der Waals surface area contributed by atoms with Gasteiger partial charge < -0.3 is 5.11 Å². The predicted octanol–water partition coefficient (Wildman–Crippen LogP) is 2.19. The molecule has 1 aromatic heterocycles. The van der Waals surface area contributed by atoms with Crippen molar-refractivity contribution in [1.82, 2.24) is 4.98 Å². The maximum absolute atomic E-state index is 12.6. The van der Waals surface area contributed by atoms with E-state index in [-0.39, 0.29) is 3.57 Å². The number of rotatable bonds is 2. The van der Waals surface area contributed by atoms with E-state index in [4.69, 9.17) is 10.4 Å². The normalized spacial score (nSPS) is 10.1. The molecule has 0 saturated heterocycles. The van der Waals surface area contributed by atoms with Crippen LogP contribution in [0, 0.1) is 14.9 Å². The van der Waals surface area contributed by atoms with Crippen LogP contribution in [0.2, 0.25) is 0 Å². The second kappa shape index (κ2) is 4.48. The number of carboxylic acids is 1. The highest BCUT2D eigenvalue weighted by Crippen LogP contribution is 2.28. The SMILES string of the molecule is N#Cc1ncc(I)c(C(F)F)c1C(=O)O. The second-order valence-electron chi connectivity index (χ2n) is 2.46. The van der Waals surface area contributed by atoms with Gasteiger partial charge in [0.2, 0.25) is 0 Å². The van der Waals surface area contributed by atoms with Crippen molar-refractivity contribution in [2.45, 2.75) is 6.43 Å². The maximum Gasteiger partial charge on any atom is 0.339 e. The van der Waals surface area contributed by atoms with Crippen LogP contribution in [0.1, 0.15) is 28.0 Å². The number of nitriles is 1. The van der Waals surface area contributed by atoms with Crippen LogP contribution in [0.3, 0.4) is 0 Å². The monoisotopic (exact) mass is 324 g/mol. The van der Waals surface area contributed by atoms with E-state index in [1.165, 1.54) is 6.07 Å². The molecule has 0 bridgehead atoms. The lowest BCUT2D eigenvalue weighted by Crippen LogP contribution is -2.10. The highest BCUT2D eigenvalue weighted by Gasteiger charge is 2.25. The summed E-state index contributed by atoms with van der Waals surface area (Å²) >= 11 is 1.55.